The van der Waals surface area contributed by atoms with Gasteiger partial charge in [0.25, 0.3) is 0 Å². The summed E-state index contributed by atoms with van der Waals surface area (Å²) in [5.41, 5.74) is 0. The van der Waals surface area contributed by atoms with Gasteiger partial charge in [-0.15, -0.1) is 0 Å². The number of aliphatic carboxylic acids is 1. The van der Waals surface area contributed by atoms with Gasteiger partial charge in [0.2, 0.25) is 10.0 Å². The first-order valence-electron chi connectivity index (χ1n) is 6.39. The van der Waals surface area contributed by atoms with Crippen molar-refractivity contribution in [2.24, 2.45) is 0 Å². The predicted molar refractivity (Wildman–Crippen MR) is 82.0 cm³/mol. The second kappa shape index (κ2) is 7.77. The second-order valence-corrected chi connectivity index (χ2v) is 7.28. The molecule has 0 aromatic heterocycles. The van der Waals surface area contributed by atoms with Gasteiger partial charge in [0, 0.05) is 24.5 Å². The highest BCUT2D eigenvalue weighted by atomic mass is 79.9. The van der Waals surface area contributed by atoms with Crippen molar-refractivity contribution in [3.05, 3.63) is 22.7 Å². The molecule has 6 nitrogen and oxygen atoms in total. The topological polar surface area (TPSA) is 83.9 Å². The molecule has 0 heterocycles. The molecule has 0 saturated heterocycles. The normalized spacial score (nSPS) is 11.6. The second-order valence-electron chi connectivity index (χ2n) is 4.35. The van der Waals surface area contributed by atoms with Crippen molar-refractivity contribution in [2.45, 2.75) is 24.7 Å². The fourth-order valence-corrected chi connectivity index (χ4v) is 3.57. The van der Waals surface area contributed by atoms with Crippen LogP contribution in [0.5, 0.6) is 5.75 Å². The summed E-state index contributed by atoms with van der Waals surface area (Å²) in [6, 6.07) is 4.77. The van der Waals surface area contributed by atoms with Gasteiger partial charge in [-0.1, -0.05) is 15.9 Å². The smallest absolute Gasteiger partial charge is 0.303 e. The van der Waals surface area contributed by atoms with Crippen molar-refractivity contribution in [3.63, 3.8) is 0 Å². The number of hydrogen-bond acceptors (Lipinski definition) is 4. The van der Waals surface area contributed by atoms with Gasteiger partial charge in [-0.3, -0.25) is 4.79 Å². The van der Waals surface area contributed by atoms with Gasteiger partial charge in [-0.05, 0) is 31.5 Å². The summed E-state index contributed by atoms with van der Waals surface area (Å²) in [7, 11) is -2.30. The number of carboxylic acid groups (broad SMARTS) is 1. The number of carbonyl (C=O) groups is 1. The molecule has 1 N–H and O–H groups in total. The van der Waals surface area contributed by atoms with E-state index in [2.05, 4.69) is 15.9 Å². The maximum atomic E-state index is 12.5. The number of hydrogen-bond donors (Lipinski definition) is 1. The average Bonchev–Trinajstić information content (AvgIpc) is 2.40. The Balaban J connectivity index is 3.00. The molecule has 0 spiro atoms. The minimum absolute atomic E-state index is 0.0663. The van der Waals surface area contributed by atoms with E-state index in [1.807, 2.05) is 0 Å². The maximum absolute atomic E-state index is 12.5. The molecule has 0 aliphatic heterocycles. The third-order valence-corrected chi connectivity index (χ3v) is 5.13. The van der Waals surface area contributed by atoms with Gasteiger partial charge in [0.15, 0.2) is 0 Å². The molecule has 0 unspecified atom stereocenters. The average molecular weight is 380 g/mol. The van der Waals surface area contributed by atoms with Crippen molar-refractivity contribution >= 4 is 31.9 Å². The fraction of sp³-hybridized carbons (Fsp3) is 0.462. The van der Waals surface area contributed by atoms with E-state index in [0.717, 1.165) is 4.31 Å². The van der Waals surface area contributed by atoms with E-state index in [9.17, 15) is 13.2 Å². The van der Waals surface area contributed by atoms with Gasteiger partial charge in [0.05, 0.1) is 6.61 Å². The van der Waals surface area contributed by atoms with Crippen LogP contribution in [0.4, 0.5) is 0 Å². The first kappa shape index (κ1) is 17.9. The summed E-state index contributed by atoms with van der Waals surface area (Å²) in [4.78, 5) is 10.6. The van der Waals surface area contributed by atoms with Crippen LogP contribution in [0.15, 0.2) is 27.6 Å². The van der Waals surface area contributed by atoms with Crippen molar-refractivity contribution in [3.8, 4) is 5.75 Å². The SMILES string of the molecule is CCOc1ccc(Br)cc1S(=O)(=O)N(C)CCCC(=O)O. The van der Waals surface area contributed by atoms with E-state index in [1.165, 1.54) is 13.1 Å². The van der Waals surface area contributed by atoms with E-state index < -0.39 is 16.0 Å². The van der Waals surface area contributed by atoms with Crippen LogP contribution in [-0.2, 0) is 14.8 Å². The fourth-order valence-electron chi connectivity index (χ4n) is 1.70. The number of rotatable bonds is 8. The Labute approximate surface area is 132 Å². The maximum Gasteiger partial charge on any atom is 0.303 e. The highest BCUT2D eigenvalue weighted by Crippen LogP contribution is 2.29. The highest BCUT2D eigenvalue weighted by molar-refractivity contribution is 9.10. The lowest BCUT2D eigenvalue weighted by atomic mass is 10.3. The largest absolute Gasteiger partial charge is 0.492 e. The number of halogens is 1. The van der Waals surface area contributed by atoms with Crippen LogP contribution in [0.25, 0.3) is 0 Å². The molecular weight excluding hydrogens is 362 g/mol. The molecule has 1 aromatic rings. The number of benzene rings is 1. The number of carboxylic acids is 1. The van der Waals surface area contributed by atoms with Gasteiger partial charge in [-0.2, -0.15) is 0 Å². The Bertz CT molecular complexity index is 603. The summed E-state index contributed by atoms with van der Waals surface area (Å²) in [5.74, 6) is -0.663. The molecule has 0 fully saturated rings. The molecule has 21 heavy (non-hydrogen) atoms. The minimum Gasteiger partial charge on any atom is -0.492 e. The molecule has 0 amide bonds. The molecule has 0 radical (unpaired) electrons. The summed E-state index contributed by atoms with van der Waals surface area (Å²) in [5, 5.41) is 8.60. The molecule has 118 valence electrons. The van der Waals surface area contributed by atoms with Gasteiger partial charge < -0.3 is 9.84 Å². The minimum atomic E-state index is -3.73. The zero-order valence-corrected chi connectivity index (χ0v) is 14.3. The van der Waals surface area contributed by atoms with Crippen LogP contribution in [-0.4, -0.2) is 44.0 Å². The Morgan fingerprint density at radius 2 is 2.10 bits per heavy atom. The van der Waals surface area contributed by atoms with Crippen LogP contribution in [0, 0.1) is 0 Å². The summed E-state index contributed by atoms with van der Waals surface area (Å²) < 4.78 is 32.2. The van der Waals surface area contributed by atoms with Crippen molar-refractivity contribution < 1.29 is 23.1 Å². The van der Waals surface area contributed by atoms with E-state index in [1.54, 1.807) is 19.1 Å². The monoisotopic (exact) mass is 379 g/mol. The molecule has 0 bridgehead atoms. The lowest BCUT2D eigenvalue weighted by Gasteiger charge is -2.19. The van der Waals surface area contributed by atoms with Gasteiger partial charge >= 0.3 is 5.97 Å². The van der Waals surface area contributed by atoms with E-state index in [4.69, 9.17) is 9.84 Å². The predicted octanol–water partition coefficient (Wildman–Crippen LogP) is 2.33. The van der Waals surface area contributed by atoms with Crippen molar-refractivity contribution in [1.29, 1.82) is 0 Å². The van der Waals surface area contributed by atoms with Crippen LogP contribution in [0.1, 0.15) is 19.8 Å². The first-order chi connectivity index (χ1) is 9.78. The quantitative estimate of drug-likeness (QED) is 0.749. The highest BCUT2D eigenvalue weighted by Gasteiger charge is 2.25. The zero-order valence-electron chi connectivity index (χ0n) is 11.9. The van der Waals surface area contributed by atoms with E-state index >= 15 is 0 Å². The lowest BCUT2D eigenvalue weighted by molar-refractivity contribution is -0.137. The standard InChI is InChI=1S/C13H18BrNO5S/c1-3-20-11-7-6-10(14)9-12(11)21(18,19)15(2)8-4-5-13(16)17/h6-7,9H,3-5,8H2,1-2H3,(H,16,17). The van der Waals surface area contributed by atoms with Crippen LogP contribution >= 0.6 is 15.9 Å². The molecule has 0 saturated carbocycles. The first-order valence-corrected chi connectivity index (χ1v) is 8.62. The molecule has 1 rings (SSSR count). The van der Waals surface area contributed by atoms with Gasteiger partial charge in [-0.25, -0.2) is 12.7 Å². The van der Waals surface area contributed by atoms with Crippen LogP contribution in [0.3, 0.4) is 0 Å². The Morgan fingerprint density at radius 3 is 2.67 bits per heavy atom. The molecule has 8 heteroatoms. The van der Waals surface area contributed by atoms with E-state index in [0.29, 0.717) is 11.1 Å². The third-order valence-electron chi connectivity index (χ3n) is 2.76. The van der Waals surface area contributed by atoms with Crippen molar-refractivity contribution in [1.82, 2.24) is 4.31 Å². The Morgan fingerprint density at radius 1 is 1.43 bits per heavy atom. The summed E-state index contributed by atoms with van der Waals surface area (Å²) in [6.45, 7) is 2.26. The molecular formula is C13H18BrNO5S. The zero-order chi connectivity index (χ0) is 16.0. The lowest BCUT2D eigenvalue weighted by Crippen LogP contribution is -2.28. The van der Waals surface area contributed by atoms with E-state index in [-0.39, 0.29) is 30.0 Å². The molecule has 0 atom stereocenters. The van der Waals surface area contributed by atoms with Gasteiger partial charge in [0.1, 0.15) is 10.6 Å². The number of ether oxygens (including phenoxy) is 1. The van der Waals surface area contributed by atoms with Crippen LogP contribution < -0.4 is 4.74 Å². The third kappa shape index (κ3) is 4.98. The number of sulfonamides is 1. The molecule has 0 aliphatic carbocycles. The summed E-state index contributed by atoms with van der Waals surface area (Å²) in [6.07, 6.45) is 0.180. The molecule has 0 aliphatic rings. The Kier molecular flexibility index (Phi) is 6.63. The number of nitrogens with zero attached hydrogens (tertiary/aromatic N) is 1. The Hall–Kier alpha value is -1.12. The summed E-state index contributed by atoms with van der Waals surface area (Å²) >= 11 is 3.24. The van der Waals surface area contributed by atoms with Crippen LogP contribution in [0.2, 0.25) is 0 Å². The molecule has 1 aromatic carbocycles. The van der Waals surface area contributed by atoms with Crippen molar-refractivity contribution in [2.75, 3.05) is 20.2 Å².